The fourth-order valence-corrected chi connectivity index (χ4v) is 5.94. The number of nitrogens with two attached hydrogens (primary N) is 1. The van der Waals surface area contributed by atoms with Crippen molar-refractivity contribution in [2.75, 3.05) is 5.73 Å². The quantitative estimate of drug-likeness (QED) is 0.166. The third-order valence-electron chi connectivity index (χ3n) is 6.81. The first kappa shape index (κ1) is 23.4. The maximum Gasteiger partial charge on any atom is 0.104 e. The average Bonchev–Trinajstić information content (AvgIpc) is 2.97. The summed E-state index contributed by atoms with van der Waals surface area (Å²) in [5.74, 6) is 0.880. The van der Waals surface area contributed by atoms with E-state index >= 15 is 0 Å². The first-order valence-corrected chi connectivity index (χ1v) is 13.6. The van der Waals surface area contributed by atoms with Crippen LogP contribution in [0.15, 0.2) is 132 Å². The molecule has 4 N–H and O–H groups in total. The maximum atomic E-state index is 6.51. The van der Waals surface area contributed by atoms with Gasteiger partial charge in [-0.05, 0) is 51.2 Å². The molecule has 0 spiro atoms. The van der Waals surface area contributed by atoms with Crippen molar-refractivity contribution in [3.05, 3.63) is 150 Å². The standard InChI is InChI=1S/C33H29N3S/c34-29-19-18-24-16-17-27(20-28(24)32(29)37-22-23-10-4-1-5-11-23)33-35-30(25-12-6-2-7-13-25)21-31(36-33)26-14-8-3-9-15-26/h1-21,30,33,35-36H,22,34H2. The number of nitrogen functional groups attached to an aromatic ring is 1. The smallest absolute Gasteiger partial charge is 0.104 e. The summed E-state index contributed by atoms with van der Waals surface area (Å²) < 4.78 is 0. The molecule has 0 aliphatic carbocycles. The third kappa shape index (κ3) is 5.12. The normalized spacial score (nSPS) is 17.2. The lowest BCUT2D eigenvalue weighted by Crippen LogP contribution is -2.39. The molecule has 37 heavy (non-hydrogen) atoms. The molecule has 0 bridgehead atoms. The number of benzene rings is 5. The highest BCUT2D eigenvalue weighted by atomic mass is 32.2. The van der Waals surface area contributed by atoms with Crippen molar-refractivity contribution in [1.82, 2.24) is 10.6 Å². The molecule has 0 saturated heterocycles. The van der Waals surface area contributed by atoms with Crippen LogP contribution >= 0.6 is 11.8 Å². The van der Waals surface area contributed by atoms with Crippen molar-refractivity contribution in [1.29, 1.82) is 0 Å². The lowest BCUT2D eigenvalue weighted by molar-refractivity contribution is 0.443. The van der Waals surface area contributed by atoms with Crippen molar-refractivity contribution in [2.45, 2.75) is 22.9 Å². The molecule has 182 valence electrons. The largest absolute Gasteiger partial charge is 0.398 e. The number of thioether (sulfide) groups is 1. The van der Waals surface area contributed by atoms with Crippen molar-refractivity contribution in [2.24, 2.45) is 0 Å². The number of hydrogen-bond acceptors (Lipinski definition) is 4. The number of nitrogens with one attached hydrogen (secondary N) is 2. The predicted octanol–water partition coefficient (Wildman–Crippen LogP) is 7.69. The van der Waals surface area contributed by atoms with E-state index < -0.39 is 0 Å². The Bertz CT molecular complexity index is 1530. The number of rotatable bonds is 6. The van der Waals surface area contributed by atoms with E-state index in [4.69, 9.17) is 5.73 Å². The first-order valence-electron chi connectivity index (χ1n) is 12.6. The molecule has 3 nitrogen and oxygen atoms in total. The molecule has 1 heterocycles. The van der Waals surface area contributed by atoms with Crippen LogP contribution in [-0.4, -0.2) is 0 Å². The minimum absolute atomic E-state index is 0.0526. The SMILES string of the molecule is Nc1ccc2ccc(C3NC(c4ccccc4)=CC(c4ccccc4)N3)cc2c1SCc1ccccc1. The number of anilines is 1. The van der Waals surface area contributed by atoms with Gasteiger partial charge in [0.05, 0.1) is 6.04 Å². The van der Waals surface area contributed by atoms with Gasteiger partial charge in [-0.3, -0.25) is 5.32 Å². The van der Waals surface area contributed by atoms with Gasteiger partial charge in [-0.2, -0.15) is 0 Å². The van der Waals surface area contributed by atoms with Crippen LogP contribution in [0.1, 0.15) is 34.5 Å². The Morgan fingerprint density at radius 2 is 1.38 bits per heavy atom. The van der Waals surface area contributed by atoms with Crippen LogP contribution in [0.4, 0.5) is 5.69 Å². The van der Waals surface area contributed by atoms with E-state index in [1.165, 1.54) is 33.0 Å². The highest BCUT2D eigenvalue weighted by Crippen LogP contribution is 2.37. The van der Waals surface area contributed by atoms with Gasteiger partial charge in [0.15, 0.2) is 0 Å². The monoisotopic (exact) mass is 499 g/mol. The van der Waals surface area contributed by atoms with Gasteiger partial charge in [-0.1, -0.05) is 109 Å². The summed E-state index contributed by atoms with van der Waals surface area (Å²) in [4.78, 5) is 1.14. The molecular weight excluding hydrogens is 470 g/mol. The fourth-order valence-electron chi connectivity index (χ4n) is 4.87. The summed E-state index contributed by atoms with van der Waals surface area (Å²) in [7, 11) is 0. The molecular formula is C33H29N3S. The summed E-state index contributed by atoms with van der Waals surface area (Å²) in [5.41, 5.74) is 13.4. The van der Waals surface area contributed by atoms with E-state index in [1.54, 1.807) is 11.8 Å². The molecule has 5 aromatic carbocycles. The molecule has 6 rings (SSSR count). The van der Waals surface area contributed by atoms with E-state index in [-0.39, 0.29) is 12.2 Å². The zero-order valence-corrected chi connectivity index (χ0v) is 21.3. The van der Waals surface area contributed by atoms with Crippen molar-refractivity contribution >= 4 is 33.9 Å². The number of fused-ring (bicyclic) bond motifs is 1. The molecule has 0 amide bonds. The van der Waals surface area contributed by atoms with Crippen LogP contribution in [0.5, 0.6) is 0 Å². The van der Waals surface area contributed by atoms with E-state index in [0.717, 1.165) is 22.0 Å². The van der Waals surface area contributed by atoms with Crippen LogP contribution in [0.3, 0.4) is 0 Å². The lowest BCUT2D eigenvalue weighted by atomic mass is 9.97. The van der Waals surface area contributed by atoms with Crippen LogP contribution in [0.2, 0.25) is 0 Å². The Balaban J connectivity index is 1.37. The molecule has 1 aliphatic rings. The van der Waals surface area contributed by atoms with Gasteiger partial charge in [0, 0.05) is 22.0 Å². The highest BCUT2D eigenvalue weighted by molar-refractivity contribution is 7.99. The predicted molar refractivity (Wildman–Crippen MR) is 157 cm³/mol. The van der Waals surface area contributed by atoms with Crippen molar-refractivity contribution in [3.8, 4) is 0 Å². The van der Waals surface area contributed by atoms with E-state index in [9.17, 15) is 0 Å². The molecule has 2 unspecified atom stereocenters. The van der Waals surface area contributed by atoms with Crippen molar-refractivity contribution < 1.29 is 0 Å². The third-order valence-corrected chi connectivity index (χ3v) is 8.03. The van der Waals surface area contributed by atoms with Crippen LogP contribution in [-0.2, 0) is 5.75 Å². The van der Waals surface area contributed by atoms with E-state index in [2.05, 4.69) is 132 Å². The van der Waals surface area contributed by atoms with Crippen LogP contribution in [0, 0.1) is 0 Å². The summed E-state index contributed by atoms with van der Waals surface area (Å²) in [6, 6.07) is 42.6. The Kier molecular flexibility index (Phi) is 6.68. The Labute approximate surface area is 222 Å². The first-order chi connectivity index (χ1) is 18.2. The van der Waals surface area contributed by atoms with Crippen LogP contribution in [0.25, 0.3) is 16.5 Å². The van der Waals surface area contributed by atoms with Gasteiger partial charge in [-0.25, -0.2) is 0 Å². The van der Waals surface area contributed by atoms with E-state index in [0.29, 0.717) is 0 Å². The lowest BCUT2D eigenvalue weighted by Gasteiger charge is -2.33. The molecule has 0 saturated carbocycles. The van der Waals surface area contributed by atoms with Crippen molar-refractivity contribution in [3.63, 3.8) is 0 Å². The maximum absolute atomic E-state index is 6.51. The highest BCUT2D eigenvalue weighted by Gasteiger charge is 2.24. The Morgan fingerprint density at radius 3 is 2.14 bits per heavy atom. The second kappa shape index (κ2) is 10.6. The summed E-state index contributed by atoms with van der Waals surface area (Å²) in [6.07, 6.45) is 2.23. The van der Waals surface area contributed by atoms with Gasteiger partial charge in [-0.15, -0.1) is 11.8 Å². The fraction of sp³-hybridized carbons (Fsp3) is 0.0909. The molecule has 0 radical (unpaired) electrons. The molecule has 0 aromatic heterocycles. The summed E-state index contributed by atoms with van der Waals surface area (Å²) in [6.45, 7) is 0. The number of hydrogen-bond donors (Lipinski definition) is 3. The summed E-state index contributed by atoms with van der Waals surface area (Å²) in [5, 5.41) is 9.96. The topological polar surface area (TPSA) is 50.1 Å². The Hall–Kier alpha value is -3.99. The van der Waals surface area contributed by atoms with Gasteiger partial charge in [0.1, 0.15) is 6.17 Å². The van der Waals surface area contributed by atoms with Gasteiger partial charge in [0.25, 0.3) is 0 Å². The molecule has 2 atom stereocenters. The zero-order valence-electron chi connectivity index (χ0n) is 20.5. The van der Waals surface area contributed by atoms with Gasteiger partial charge >= 0.3 is 0 Å². The van der Waals surface area contributed by atoms with Crippen LogP contribution < -0.4 is 16.4 Å². The second-order valence-corrected chi connectivity index (χ2v) is 10.3. The second-order valence-electron chi connectivity index (χ2n) is 9.32. The average molecular weight is 500 g/mol. The minimum Gasteiger partial charge on any atom is -0.398 e. The minimum atomic E-state index is -0.0526. The molecule has 4 heteroatoms. The Morgan fingerprint density at radius 1 is 0.703 bits per heavy atom. The van der Waals surface area contributed by atoms with Gasteiger partial charge in [0.2, 0.25) is 0 Å². The molecule has 1 aliphatic heterocycles. The summed E-state index contributed by atoms with van der Waals surface area (Å²) >= 11 is 1.80. The van der Waals surface area contributed by atoms with E-state index in [1.807, 2.05) is 6.07 Å². The molecule has 5 aromatic rings. The van der Waals surface area contributed by atoms with Gasteiger partial charge < -0.3 is 11.1 Å². The molecule has 0 fully saturated rings. The zero-order chi connectivity index (χ0) is 25.0.